The molecule has 0 spiro atoms. The van der Waals surface area contributed by atoms with Gasteiger partial charge in [-0.1, -0.05) is 60.7 Å². The number of carboxylic acid groups (broad SMARTS) is 1. The van der Waals surface area contributed by atoms with Crippen molar-refractivity contribution in [3.63, 3.8) is 0 Å². The number of carbonyl (C=O) groups is 3. The summed E-state index contributed by atoms with van der Waals surface area (Å²) in [5, 5.41) is 9.46. The van der Waals surface area contributed by atoms with E-state index in [0.29, 0.717) is 5.56 Å². The lowest BCUT2D eigenvalue weighted by Gasteiger charge is -2.24. The van der Waals surface area contributed by atoms with Gasteiger partial charge in [0.05, 0.1) is 6.04 Å². The summed E-state index contributed by atoms with van der Waals surface area (Å²) >= 11 is 0. The predicted molar refractivity (Wildman–Crippen MR) is 93.3 cm³/mol. The van der Waals surface area contributed by atoms with Crippen molar-refractivity contribution >= 4 is 17.5 Å². The van der Waals surface area contributed by atoms with Gasteiger partial charge in [0.25, 0.3) is 0 Å². The van der Waals surface area contributed by atoms with E-state index in [2.05, 4.69) is 0 Å². The van der Waals surface area contributed by atoms with Crippen molar-refractivity contribution in [3.8, 4) is 0 Å². The van der Waals surface area contributed by atoms with Gasteiger partial charge in [0.15, 0.2) is 17.1 Å². The second-order valence-electron chi connectivity index (χ2n) is 5.85. The monoisotopic (exact) mass is 340 g/mol. The van der Waals surface area contributed by atoms with Gasteiger partial charge >= 0.3 is 5.97 Å². The number of nitrogens with two attached hydrogens (primary N) is 2. The summed E-state index contributed by atoms with van der Waals surface area (Å²) in [4.78, 5) is 36.4. The smallest absolute Gasteiger partial charge is 0.331 e. The summed E-state index contributed by atoms with van der Waals surface area (Å²) in [5.41, 5.74) is 10.3. The van der Waals surface area contributed by atoms with Crippen molar-refractivity contribution < 1.29 is 19.5 Å². The predicted octanol–water partition coefficient (Wildman–Crippen LogP) is 1.64. The Morgan fingerprint density at radius 2 is 1.40 bits per heavy atom. The molecule has 0 aliphatic heterocycles. The van der Waals surface area contributed by atoms with Gasteiger partial charge in [-0.2, -0.15) is 0 Å². The highest BCUT2D eigenvalue weighted by Gasteiger charge is 2.42. The average Bonchev–Trinajstić information content (AvgIpc) is 2.65. The van der Waals surface area contributed by atoms with Crippen molar-refractivity contribution in [2.24, 2.45) is 11.5 Å². The number of Topliss-reactive ketones (excluding diaryl/α,β-unsaturated/α-hetero) is 2. The van der Waals surface area contributed by atoms with Gasteiger partial charge < -0.3 is 16.6 Å². The van der Waals surface area contributed by atoms with Crippen LogP contribution in [0.1, 0.15) is 33.6 Å². The van der Waals surface area contributed by atoms with E-state index in [1.165, 1.54) is 12.1 Å². The van der Waals surface area contributed by atoms with E-state index in [9.17, 15) is 19.5 Å². The van der Waals surface area contributed by atoms with Crippen molar-refractivity contribution in [1.82, 2.24) is 0 Å². The standard InChI is InChI=1S/C19H20N2O4/c20-15(16(22)13-7-3-1-4-8-13)11-12-19(21,18(24)25)17(23)14-9-5-2-6-10-14/h1-10,15H,11-12,20-21H2,(H,24,25)/t15?,19-/m1/s1. The zero-order valence-corrected chi connectivity index (χ0v) is 13.6. The highest BCUT2D eigenvalue weighted by molar-refractivity contribution is 6.15. The highest BCUT2D eigenvalue weighted by Crippen LogP contribution is 2.19. The summed E-state index contributed by atoms with van der Waals surface area (Å²) in [6.45, 7) is 0. The molecular weight excluding hydrogens is 320 g/mol. The van der Waals surface area contributed by atoms with Crippen LogP contribution in [0.3, 0.4) is 0 Å². The third-order valence-corrected chi connectivity index (χ3v) is 4.07. The van der Waals surface area contributed by atoms with Crippen LogP contribution >= 0.6 is 0 Å². The first-order chi connectivity index (χ1) is 11.9. The molecule has 0 heterocycles. The Hall–Kier alpha value is -2.83. The van der Waals surface area contributed by atoms with Gasteiger partial charge in [0.1, 0.15) is 0 Å². The molecule has 2 aromatic rings. The molecule has 0 aliphatic carbocycles. The van der Waals surface area contributed by atoms with Gasteiger partial charge in [-0.25, -0.2) is 4.79 Å². The number of ketones is 2. The van der Waals surface area contributed by atoms with Crippen LogP contribution in [-0.4, -0.2) is 34.2 Å². The van der Waals surface area contributed by atoms with E-state index in [-0.39, 0.29) is 24.2 Å². The van der Waals surface area contributed by atoms with Crippen LogP contribution < -0.4 is 11.5 Å². The maximum atomic E-state index is 12.5. The first kappa shape index (κ1) is 18.5. The molecule has 0 amide bonds. The number of rotatable bonds is 8. The molecule has 0 fully saturated rings. The molecule has 0 saturated carbocycles. The first-order valence-electron chi connectivity index (χ1n) is 7.83. The second-order valence-corrected chi connectivity index (χ2v) is 5.85. The van der Waals surface area contributed by atoms with Crippen LogP contribution in [0.4, 0.5) is 0 Å². The molecular formula is C19H20N2O4. The van der Waals surface area contributed by atoms with E-state index in [1.54, 1.807) is 48.5 Å². The van der Waals surface area contributed by atoms with Crippen LogP contribution in [0.15, 0.2) is 60.7 Å². The number of hydrogen-bond donors (Lipinski definition) is 3. The maximum absolute atomic E-state index is 12.5. The molecule has 1 unspecified atom stereocenters. The maximum Gasteiger partial charge on any atom is 0.331 e. The lowest BCUT2D eigenvalue weighted by atomic mass is 9.84. The number of aliphatic carboxylic acids is 1. The average molecular weight is 340 g/mol. The fraction of sp³-hybridized carbons (Fsp3) is 0.211. The topological polar surface area (TPSA) is 123 Å². The van der Waals surface area contributed by atoms with Gasteiger partial charge in [-0.15, -0.1) is 0 Å². The lowest BCUT2D eigenvalue weighted by Crippen LogP contribution is -2.55. The zero-order valence-electron chi connectivity index (χ0n) is 13.6. The normalized spacial score (nSPS) is 14.3. The van der Waals surface area contributed by atoms with Crippen LogP contribution in [0.25, 0.3) is 0 Å². The molecule has 0 bridgehead atoms. The molecule has 2 rings (SSSR count). The minimum absolute atomic E-state index is 0.0187. The minimum Gasteiger partial charge on any atom is -0.480 e. The Bertz CT molecular complexity index is 762. The van der Waals surface area contributed by atoms with Crippen LogP contribution in [0.5, 0.6) is 0 Å². The molecule has 130 valence electrons. The second kappa shape index (κ2) is 7.83. The third-order valence-electron chi connectivity index (χ3n) is 4.07. The lowest BCUT2D eigenvalue weighted by molar-refractivity contribution is -0.141. The summed E-state index contributed by atoms with van der Waals surface area (Å²) in [5.74, 6) is -2.47. The summed E-state index contributed by atoms with van der Waals surface area (Å²) in [6.07, 6.45) is -0.259. The molecule has 0 aliphatic rings. The molecule has 25 heavy (non-hydrogen) atoms. The highest BCUT2D eigenvalue weighted by atomic mass is 16.4. The van der Waals surface area contributed by atoms with Crippen molar-refractivity contribution in [2.75, 3.05) is 0 Å². The van der Waals surface area contributed by atoms with Crippen molar-refractivity contribution in [3.05, 3.63) is 71.8 Å². The summed E-state index contributed by atoms with van der Waals surface area (Å²) in [7, 11) is 0. The number of hydrogen-bond acceptors (Lipinski definition) is 5. The quantitative estimate of drug-likeness (QED) is 0.496. The molecule has 2 atom stereocenters. The van der Waals surface area contributed by atoms with Crippen LogP contribution in [0.2, 0.25) is 0 Å². The van der Waals surface area contributed by atoms with E-state index < -0.39 is 23.3 Å². The Kier molecular flexibility index (Phi) is 5.80. The minimum atomic E-state index is -2.13. The van der Waals surface area contributed by atoms with E-state index in [1.807, 2.05) is 0 Å². The SMILES string of the molecule is NC(CC[C@](N)(C(=O)O)C(=O)c1ccccc1)C(=O)c1ccccc1. The van der Waals surface area contributed by atoms with Crippen molar-refractivity contribution in [1.29, 1.82) is 0 Å². The van der Waals surface area contributed by atoms with E-state index in [4.69, 9.17) is 11.5 Å². The molecule has 0 saturated heterocycles. The Labute approximate surface area is 145 Å². The summed E-state index contributed by atoms with van der Waals surface area (Å²) < 4.78 is 0. The van der Waals surface area contributed by atoms with Gasteiger partial charge in [0.2, 0.25) is 0 Å². The molecule has 0 radical (unpaired) electrons. The number of carboxylic acids is 1. The fourth-order valence-corrected chi connectivity index (χ4v) is 2.50. The molecule has 5 N–H and O–H groups in total. The molecule has 2 aromatic carbocycles. The summed E-state index contributed by atoms with van der Waals surface area (Å²) in [6, 6.07) is 15.5. The Morgan fingerprint density at radius 3 is 1.88 bits per heavy atom. The molecule has 6 heteroatoms. The van der Waals surface area contributed by atoms with Gasteiger partial charge in [0, 0.05) is 11.1 Å². The Balaban J connectivity index is 2.13. The molecule has 0 aromatic heterocycles. The van der Waals surface area contributed by atoms with Gasteiger partial charge in [-0.3, -0.25) is 9.59 Å². The first-order valence-corrected chi connectivity index (χ1v) is 7.83. The van der Waals surface area contributed by atoms with Gasteiger partial charge in [-0.05, 0) is 12.8 Å². The largest absolute Gasteiger partial charge is 0.480 e. The number of benzene rings is 2. The Morgan fingerprint density at radius 1 is 0.920 bits per heavy atom. The fourth-order valence-electron chi connectivity index (χ4n) is 2.50. The van der Waals surface area contributed by atoms with Crippen LogP contribution in [-0.2, 0) is 4.79 Å². The third kappa shape index (κ3) is 4.17. The van der Waals surface area contributed by atoms with E-state index in [0.717, 1.165) is 0 Å². The number of carbonyl (C=O) groups excluding carboxylic acids is 2. The molecule has 6 nitrogen and oxygen atoms in total. The van der Waals surface area contributed by atoms with Crippen molar-refractivity contribution in [2.45, 2.75) is 24.4 Å². The van der Waals surface area contributed by atoms with E-state index >= 15 is 0 Å². The van der Waals surface area contributed by atoms with Crippen LogP contribution in [0, 0.1) is 0 Å². The zero-order chi connectivity index (χ0) is 18.4.